The molecule has 0 aliphatic heterocycles. The summed E-state index contributed by atoms with van der Waals surface area (Å²) in [4.78, 5) is 30.4. The van der Waals surface area contributed by atoms with Crippen LogP contribution in [0.15, 0.2) is 36.7 Å². The topological polar surface area (TPSA) is 67.2 Å². The van der Waals surface area contributed by atoms with Crippen molar-refractivity contribution in [3.8, 4) is 0 Å². The zero-order chi connectivity index (χ0) is 20.1. The summed E-state index contributed by atoms with van der Waals surface area (Å²) in [6, 6.07) is 6.24. The van der Waals surface area contributed by atoms with Crippen LogP contribution in [0.1, 0.15) is 42.1 Å². The predicted molar refractivity (Wildman–Crippen MR) is 97.2 cm³/mol. The van der Waals surface area contributed by atoms with Crippen LogP contribution < -0.4 is 5.32 Å². The van der Waals surface area contributed by atoms with E-state index in [4.69, 9.17) is 0 Å². The van der Waals surface area contributed by atoms with Crippen molar-refractivity contribution in [1.82, 2.24) is 19.8 Å². The molecule has 1 N–H and O–H groups in total. The molecule has 1 aromatic heterocycles. The molecule has 1 unspecified atom stereocenters. The maximum absolute atomic E-state index is 12.9. The molecular weight excluding hydrogens is 354 g/mol. The Hall–Kier alpha value is -2.77. The van der Waals surface area contributed by atoms with Gasteiger partial charge in [-0.25, -0.2) is 4.98 Å². The lowest BCUT2D eigenvalue weighted by Gasteiger charge is -2.27. The van der Waals surface area contributed by atoms with Crippen molar-refractivity contribution in [2.75, 3.05) is 7.05 Å². The molecule has 0 radical (unpaired) electrons. The van der Waals surface area contributed by atoms with Crippen LogP contribution in [0.5, 0.6) is 0 Å². The first kappa shape index (κ1) is 20.5. The highest BCUT2D eigenvalue weighted by Crippen LogP contribution is 2.15. The van der Waals surface area contributed by atoms with Crippen molar-refractivity contribution < 1.29 is 18.4 Å². The second-order valence-electron chi connectivity index (χ2n) is 6.78. The molecular formula is C19H24F2N4O2. The number of halogens is 2. The first-order chi connectivity index (χ1) is 12.7. The summed E-state index contributed by atoms with van der Waals surface area (Å²) in [7, 11) is 1.50. The Bertz CT molecular complexity index is 787. The van der Waals surface area contributed by atoms with Gasteiger partial charge in [0.1, 0.15) is 11.9 Å². The van der Waals surface area contributed by atoms with Crippen molar-refractivity contribution in [3.05, 3.63) is 53.6 Å². The van der Waals surface area contributed by atoms with Crippen LogP contribution in [0.25, 0.3) is 0 Å². The number of alkyl halides is 2. The molecule has 6 nitrogen and oxygen atoms in total. The van der Waals surface area contributed by atoms with Crippen molar-refractivity contribution in [1.29, 1.82) is 0 Å². The summed E-state index contributed by atoms with van der Waals surface area (Å²) in [6.45, 7) is 2.73. The molecule has 0 bridgehead atoms. The average molecular weight is 378 g/mol. The fourth-order valence-electron chi connectivity index (χ4n) is 2.61. The summed E-state index contributed by atoms with van der Waals surface area (Å²) < 4.78 is 26.6. The van der Waals surface area contributed by atoms with E-state index in [2.05, 4.69) is 10.3 Å². The third-order valence-corrected chi connectivity index (χ3v) is 4.25. The number of nitrogens with one attached hydrogen (secondary N) is 1. The van der Waals surface area contributed by atoms with E-state index in [0.717, 1.165) is 11.8 Å². The van der Waals surface area contributed by atoms with Gasteiger partial charge in [-0.15, -0.1) is 0 Å². The summed E-state index contributed by atoms with van der Waals surface area (Å²) in [5.74, 6) is -0.823. The lowest BCUT2D eigenvalue weighted by Crippen LogP contribution is -2.50. The molecule has 0 aliphatic rings. The molecule has 27 heavy (non-hydrogen) atoms. The Balaban J connectivity index is 2.10. The zero-order valence-electron chi connectivity index (χ0n) is 15.8. The molecule has 2 amide bonds. The number of hydrogen-bond acceptors (Lipinski definition) is 3. The zero-order valence-corrected chi connectivity index (χ0v) is 15.8. The lowest BCUT2D eigenvalue weighted by atomic mass is 10.0. The van der Waals surface area contributed by atoms with Gasteiger partial charge in [0, 0.05) is 25.0 Å². The van der Waals surface area contributed by atoms with Gasteiger partial charge in [0.25, 0.3) is 5.91 Å². The Kier molecular flexibility index (Phi) is 6.65. The van der Waals surface area contributed by atoms with E-state index in [1.165, 1.54) is 18.1 Å². The van der Waals surface area contributed by atoms with E-state index >= 15 is 0 Å². The van der Waals surface area contributed by atoms with E-state index in [-0.39, 0.29) is 30.1 Å². The first-order valence-corrected chi connectivity index (χ1v) is 8.63. The Morgan fingerprint density at radius 3 is 2.41 bits per heavy atom. The minimum atomic E-state index is -2.73. The molecule has 1 heterocycles. The third kappa shape index (κ3) is 5.12. The van der Waals surface area contributed by atoms with E-state index < -0.39 is 12.6 Å². The number of carbonyl (C=O) groups is 2. The number of rotatable bonds is 7. The SMILES string of the molecule is Cc1ccc(C(=O)NC(C(=O)N(C)Cc2nccn2C(F)F)C(C)C)cc1. The van der Waals surface area contributed by atoms with Gasteiger partial charge < -0.3 is 10.2 Å². The standard InChI is InChI=1S/C19H24F2N4O2/c1-12(2)16(23-17(26)14-7-5-13(3)6-8-14)18(27)24(4)11-15-22-9-10-25(15)19(20)21/h5-10,12,16,19H,11H2,1-4H3,(H,23,26). The number of carbonyl (C=O) groups excluding carboxylic acids is 2. The number of likely N-dealkylation sites (N-methyl/N-ethyl adjacent to an activating group) is 1. The third-order valence-electron chi connectivity index (χ3n) is 4.25. The molecule has 8 heteroatoms. The molecule has 1 atom stereocenters. The van der Waals surface area contributed by atoms with Crippen LogP contribution in [0.3, 0.4) is 0 Å². The van der Waals surface area contributed by atoms with Crippen molar-refractivity contribution in [2.45, 2.75) is 39.9 Å². The van der Waals surface area contributed by atoms with E-state index in [0.29, 0.717) is 10.1 Å². The summed E-state index contributed by atoms with van der Waals surface area (Å²) >= 11 is 0. The number of aryl methyl sites for hydroxylation is 1. The second kappa shape index (κ2) is 8.75. The van der Waals surface area contributed by atoms with Crippen molar-refractivity contribution in [2.24, 2.45) is 5.92 Å². The number of nitrogens with zero attached hydrogens (tertiary/aromatic N) is 3. The van der Waals surface area contributed by atoms with Crippen molar-refractivity contribution in [3.63, 3.8) is 0 Å². The molecule has 1 aromatic carbocycles. The number of amides is 2. The van der Waals surface area contributed by atoms with E-state index in [1.54, 1.807) is 12.1 Å². The summed E-state index contributed by atoms with van der Waals surface area (Å²) in [5, 5.41) is 2.74. The summed E-state index contributed by atoms with van der Waals surface area (Å²) in [5.41, 5.74) is 1.48. The van der Waals surface area contributed by atoms with Crippen LogP contribution in [0, 0.1) is 12.8 Å². The average Bonchev–Trinajstić information content (AvgIpc) is 3.07. The largest absolute Gasteiger partial charge is 0.340 e. The minimum absolute atomic E-state index is 0.0771. The monoisotopic (exact) mass is 378 g/mol. The van der Waals surface area contributed by atoms with Crippen LogP contribution >= 0.6 is 0 Å². The van der Waals surface area contributed by atoms with Crippen LogP contribution in [-0.2, 0) is 11.3 Å². The maximum atomic E-state index is 12.9. The second-order valence-corrected chi connectivity index (χ2v) is 6.78. The Morgan fingerprint density at radius 1 is 1.22 bits per heavy atom. The van der Waals surface area contributed by atoms with Gasteiger partial charge in [0.05, 0.1) is 6.54 Å². The first-order valence-electron chi connectivity index (χ1n) is 8.63. The lowest BCUT2D eigenvalue weighted by molar-refractivity contribution is -0.133. The number of aromatic nitrogens is 2. The Labute approximate surface area is 157 Å². The molecule has 0 saturated heterocycles. The highest BCUT2D eigenvalue weighted by atomic mass is 19.3. The fraction of sp³-hybridized carbons (Fsp3) is 0.421. The molecule has 146 valence electrons. The van der Waals surface area contributed by atoms with Crippen molar-refractivity contribution >= 4 is 11.8 Å². The van der Waals surface area contributed by atoms with E-state index in [1.807, 2.05) is 32.9 Å². The van der Waals surface area contributed by atoms with Gasteiger partial charge in [-0.3, -0.25) is 14.2 Å². The van der Waals surface area contributed by atoms with Gasteiger partial charge in [-0.1, -0.05) is 31.5 Å². The smallest absolute Gasteiger partial charge is 0.319 e. The predicted octanol–water partition coefficient (Wildman–Crippen LogP) is 3.00. The minimum Gasteiger partial charge on any atom is -0.340 e. The van der Waals surface area contributed by atoms with Gasteiger partial charge >= 0.3 is 6.55 Å². The molecule has 0 fully saturated rings. The van der Waals surface area contributed by atoms with Gasteiger partial charge in [0.2, 0.25) is 5.91 Å². The van der Waals surface area contributed by atoms with Gasteiger partial charge in [-0.05, 0) is 25.0 Å². The maximum Gasteiger partial charge on any atom is 0.319 e. The number of hydrogen-bond donors (Lipinski definition) is 1. The van der Waals surface area contributed by atoms with Crippen LogP contribution in [-0.4, -0.2) is 39.4 Å². The molecule has 0 aliphatic carbocycles. The summed E-state index contributed by atoms with van der Waals surface area (Å²) in [6.07, 6.45) is 2.43. The number of benzene rings is 1. The van der Waals surface area contributed by atoms with Crippen LogP contribution in [0.2, 0.25) is 0 Å². The van der Waals surface area contributed by atoms with Crippen LogP contribution in [0.4, 0.5) is 8.78 Å². The quantitative estimate of drug-likeness (QED) is 0.805. The fourth-order valence-corrected chi connectivity index (χ4v) is 2.61. The molecule has 0 spiro atoms. The van der Waals surface area contributed by atoms with Gasteiger partial charge in [-0.2, -0.15) is 8.78 Å². The molecule has 2 rings (SSSR count). The molecule has 0 saturated carbocycles. The Morgan fingerprint density at radius 2 is 1.85 bits per heavy atom. The van der Waals surface area contributed by atoms with Gasteiger partial charge in [0.15, 0.2) is 0 Å². The normalized spacial score (nSPS) is 12.3. The number of imidazole rings is 1. The highest BCUT2D eigenvalue weighted by Gasteiger charge is 2.28. The molecule has 2 aromatic rings. The van der Waals surface area contributed by atoms with E-state index in [9.17, 15) is 18.4 Å². The highest BCUT2D eigenvalue weighted by molar-refractivity contribution is 5.97.